The lowest BCUT2D eigenvalue weighted by atomic mass is 10.1. The van der Waals surface area contributed by atoms with Crippen LogP contribution in [0.3, 0.4) is 0 Å². The lowest BCUT2D eigenvalue weighted by Crippen LogP contribution is -2.30. The van der Waals surface area contributed by atoms with Crippen molar-refractivity contribution in [3.8, 4) is 0 Å². The molecular weight excluding hydrogens is 502 g/mol. The number of hydrogen-bond donors (Lipinski definition) is 2. The van der Waals surface area contributed by atoms with Crippen molar-refractivity contribution >= 4 is 33.2 Å². The molecule has 9 heteroatoms. The Labute approximate surface area is 222 Å². The van der Waals surface area contributed by atoms with E-state index in [1.165, 1.54) is 16.8 Å². The molecule has 0 bridgehead atoms. The third-order valence-electron chi connectivity index (χ3n) is 6.05. The highest BCUT2D eigenvalue weighted by molar-refractivity contribution is 7.92. The summed E-state index contributed by atoms with van der Waals surface area (Å²) in [4.78, 5) is 25.7. The van der Waals surface area contributed by atoms with Crippen LogP contribution in [0.4, 0.5) is 11.4 Å². The molecular formula is C29H29N3O5S. The Balaban J connectivity index is 1.48. The number of rotatable bonds is 9. The maximum atomic E-state index is 13.0. The first-order chi connectivity index (χ1) is 18.1. The molecule has 0 aliphatic carbocycles. The normalized spacial score (nSPS) is 11.1. The number of benzene rings is 3. The van der Waals surface area contributed by atoms with E-state index in [1.54, 1.807) is 60.7 Å². The molecule has 1 heterocycles. The minimum Gasteiger partial charge on any atom is -0.467 e. The Morgan fingerprint density at radius 3 is 2.16 bits per heavy atom. The van der Waals surface area contributed by atoms with Gasteiger partial charge < -0.3 is 15.1 Å². The Morgan fingerprint density at radius 1 is 0.842 bits per heavy atom. The minimum atomic E-state index is -3.55. The summed E-state index contributed by atoms with van der Waals surface area (Å²) in [7, 11) is -3.55. The van der Waals surface area contributed by atoms with Crippen LogP contribution in [0.2, 0.25) is 0 Å². The predicted octanol–water partition coefficient (Wildman–Crippen LogP) is 5.04. The van der Waals surface area contributed by atoms with Gasteiger partial charge in [-0.2, -0.15) is 0 Å². The van der Waals surface area contributed by atoms with Gasteiger partial charge in [0.15, 0.2) is 0 Å². The topological polar surface area (TPSA) is 109 Å². The number of nitrogens with zero attached hydrogens (tertiary/aromatic N) is 1. The molecule has 4 aromatic rings. The molecule has 0 spiro atoms. The van der Waals surface area contributed by atoms with Crippen LogP contribution in [0, 0.1) is 13.8 Å². The zero-order chi connectivity index (χ0) is 27.3. The molecule has 4 rings (SSSR count). The summed E-state index contributed by atoms with van der Waals surface area (Å²) >= 11 is 0. The second kappa shape index (κ2) is 11.4. The van der Waals surface area contributed by atoms with Crippen molar-refractivity contribution in [2.75, 3.05) is 15.9 Å². The average molecular weight is 532 g/mol. The van der Waals surface area contributed by atoms with Gasteiger partial charge in [0.05, 0.1) is 42.5 Å². The summed E-state index contributed by atoms with van der Waals surface area (Å²) in [5.74, 6) is -0.121. The van der Waals surface area contributed by atoms with Crippen LogP contribution in [-0.4, -0.2) is 26.5 Å². The number of aryl methyl sites for hydroxylation is 2. The van der Waals surface area contributed by atoms with Crippen LogP contribution in [0.25, 0.3) is 0 Å². The molecule has 2 N–H and O–H groups in total. The van der Waals surface area contributed by atoms with Gasteiger partial charge in [-0.1, -0.05) is 42.5 Å². The lowest BCUT2D eigenvalue weighted by Gasteiger charge is -2.26. The summed E-state index contributed by atoms with van der Waals surface area (Å²) in [5.41, 5.74) is 4.17. The molecule has 0 fully saturated rings. The van der Waals surface area contributed by atoms with E-state index in [0.29, 0.717) is 28.3 Å². The third-order valence-corrected chi connectivity index (χ3v) is 7.17. The number of sulfonamides is 1. The fraction of sp³-hybridized carbons (Fsp3) is 0.172. The number of carbonyl (C=O) groups excluding carboxylic acids is 2. The smallest absolute Gasteiger partial charge is 0.255 e. The van der Waals surface area contributed by atoms with Gasteiger partial charge in [0.2, 0.25) is 10.0 Å². The van der Waals surface area contributed by atoms with Crippen LogP contribution in [-0.2, 0) is 23.1 Å². The third kappa shape index (κ3) is 6.30. The molecule has 2 amide bonds. The van der Waals surface area contributed by atoms with E-state index < -0.39 is 15.9 Å². The first kappa shape index (κ1) is 26.7. The van der Waals surface area contributed by atoms with Crippen LogP contribution in [0.1, 0.15) is 43.2 Å². The van der Waals surface area contributed by atoms with Crippen molar-refractivity contribution in [3.63, 3.8) is 0 Å². The van der Waals surface area contributed by atoms with E-state index >= 15 is 0 Å². The Hall–Kier alpha value is -4.37. The van der Waals surface area contributed by atoms with Crippen molar-refractivity contribution < 1.29 is 22.4 Å². The summed E-state index contributed by atoms with van der Waals surface area (Å²) in [6.45, 7) is 4.11. The molecule has 0 aliphatic heterocycles. The number of furan rings is 1. The van der Waals surface area contributed by atoms with E-state index in [4.69, 9.17) is 4.42 Å². The molecule has 196 valence electrons. The van der Waals surface area contributed by atoms with E-state index in [1.807, 2.05) is 32.0 Å². The van der Waals surface area contributed by atoms with E-state index in [9.17, 15) is 18.0 Å². The average Bonchev–Trinajstić information content (AvgIpc) is 3.40. The number of nitrogens with one attached hydrogen (secondary N) is 2. The van der Waals surface area contributed by atoms with Gasteiger partial charge in [0.25, 0.3) is 11.8 Å². The van der Waals surface area contributed by atoms with E-state index in [-0.39, 0.29) is 19.0 Å². The lowest BCUT2D eigenvalue weighted by molar-refractivity contribution is 0.0949. The number of amides is 2. The quantitative estimate of drug-likeness (QED) is 0.314. The fourth-order valence-electron chi connectivity index (χ4n) is 4.15. The molecule has 3 aromatic carbocycles. The standard InChI is InChI=1S/C29H29N3O5S/c1-20-8-6-9-21(2)27(20)32(38(3,35)36)19-22-13-15-23(16-14-22)28(33)31-26-12-5-4-11-25(26)29(34)30-18-24-10-7-17-37-24/h4-17H,18-19H2,1-3H3,(H,30,34)(H,31,33). The van der Waals surface area contributed by atoms with Crippen LogP contribution >= 0.6 is 0 Å². The minimum absolute atomic E-state index is 0.130. The van der Waals surface area contributed by atoms with Crippen molar-refractivity contribution in [1.82, 2.24) is 5.32 Å². The Bertz CT molecular complexity index is 1530. The van der Waals surface area contributed by atoms with Crippen molar-refractivity contribution in [3.05, 3.63) is 119 Å². The van der Waals surface area contributed by atoms with Gasteiger partial charge in [-0.25, -0.2) is 8.42 Å². The number of para-hydroxylation sites is 2. The molecule has 1 aromatic heterocycles. The van der Waals surface area contributed by atoms with Gasteiger partial charge in [0.1, 0.15) is 5.76 Å². The van der Waals surface area contributed by atoms with Gasteiger partial charge in [-0.3, -0.25) is 13.9 Å². The van der Waals surface area contributed by atoms with Crippen LogP contribution in [0.15, 0.2) is 89.5 Å². The summed E-state index contributed by atoms with van der Waals surface area (Å²) in [6, 6.07) is 22.6. The van der Waals surface area contributed by atoms with Gasteiger partial charge >= 0.3 is 0 Å². The second-order valence-corrected chi connectivity index (χ2v) is 10.9. The van der Waals surface area contributed by atoms with Gasteiger partial charge in [-0.05, 0) is 66.9 Å². The van der Waals surface area contributed by atoms with Crippen LogP contribution < -0.4 is 14.9 Å². The monoisotopic (exact) mass is 531 g/mol. The van der Waals surface area contributed by atoms with Gasteiger partial charge in [-0.15, -0.1) is 0 Å². The largest absolute Gasteiger partial charge is 0.467 e. The number of hydrogen-bond acceptors (Lipinski definition) is 5. The highest BCUT2D eigenvalue weighted by atomic mass is 32.2. The molecule has 0 unspecified atom stereocenters. The van der Waals surface area contributed by atoms with Crippen molar-refractivity contribution in [1.29, 1.82) is 0 Å². The SMILES string of the molecule is Cc1cccc(C)c1N(Cc1ccc(C(=O)Nc2ccccc2C(=O)NCc2ccco2)cc1)S(C)(=O)=O. The van der Waals surface area contributed by atoms with Crippen molar-refractivity contribution in [2.24, 2.45) is 0 Å². The van der Waals surface area contributed by atoms with E-state index in [2.05, 4.69) is 10.6 Å². The molecule has 0 aliphatic rings. The van der Waals surface area contributed by atoms with Gasteiger partial charge in [0, 0.05) is 5.56 Å². The van der Waals surface area contributed by atoms with E-state index in [0.717, 1.165) is 16.7 Å². The Morgan fingerprint density at radius 2 is 1.53 bits per heavy atom. The highest BCUT2D eigenvalue weighted by Gasteiger charge is 2.22. The predicted molar refractivity (Wildman–Crippen MR) is 148 cm³/mol. The maximum Gasteiger partial charge on any atom is 0.255 e. The summed E-state index contributed by atoms with van der Waals surface area (Å²) in [6.07, 6.45) is 2.71. The molecule has 0 saturated heterocycles. The second-order valence-electron chi connectivity index (χ2n) is 8.97. The summed E-state index contributed by atoms with van der Waals surface area (Å²) in [5, 5.41) is 5.57. The molecule has 8 nitrogen and oxygen atoms in total. The van der Waals surface area contributed by atoms with Crippen molar-refractivity contribution in [2.45, 2.75) is 26.9 Å². The summed E-state index contributed by atoms with van der Waals surface area (Å²) < 4.78 is 31.9. The first-order valence-corrected chi connectivity index (χ1v) is 13.8. The zero-order valence-electron chi connectivity index (χ0n) is 21.4. The fourth-order valence-corrected chi connectivity index (χ4v) is 5.15. The molecule has 0 saturated carbocycles. The Kier molecular flexibility index (Phi) is 7.97. The molecule has 0 radical (unpaired) electrons. The van der Waals surface area contributed by atoms with Crippen LogP contribution in [0.5, 0.6) is 0 Å². The number of carbonyl (C=O) groups is 2. The highest BCUT2D eigenvalue weighted by Crippen LogP contribution is 2.28. The molecule has 38 heavy (non-hydrogen) atoms. The number of anilines is 2. The molecule has 0 atom stereocenters. The maximum absolute atomic E-state index is 13.0. The zero-order valence-corrected chi connectivity index (χ0v) is 22.2. The first-order valence-electron chi connectivity index (χ1n) is 12.0.